The highest BCUT2D eigenvalue weighted by Gasteiger charge is 2.05. The van der Waals surface area contributed by atoms with Crippen LogP contribution in [0.2, 0.25) is 0 Å². The van der Waals surface area contributed by atoms with Gasteiger partial charge >= 0.3 is 0 Å². The zero-order valence-corrected chi connectivity index (χ0v) is 8.15. The number of para-hydroxylation sites is 1. The van der Waals surface area contributed by atoms with E-state index in [1.54, 1.807) is 19.1 Å². The van der Waals surface area contributed by atoms with Crippen molar-refractivity contribution >= 4 is 17.3 Å². The van der Waals surface area contributed by atoms with Crippen molar-refractivity contribution in [3.63, 3.8) is 0 Å². The first-order valence-corrected chi connectivity index (χ1v) is 4.18. The molecule has 1 rings (SSSR count). The number of anilines is 1. The standard InChI is InChI=1S/C10H12N2O2/c1-8(12-14-2)10(13)11-9-6-4-3-5-7-9/h3-7H,1-2H3,(H,11,13)/b12-8-. The SMILES string of the molecule is CO/N=C(/C)C(=O)Nc1ccccc1. The van der Waals surface area contributed by atoms with Crippen LogP contribution in [0.4, 0.5) is 5.69 Å². The predicted octanol–water partition coefficient (Wildman–Crippen LogP) is 1.65. The highest BCUT2D eigenvalue weighted by atomic mass is 16.6. The lowest BCUT2D eigenvalue weighted by Crippen LogP contribution is -2.20. The predicted molar refractivity (Wildman–Crippen MR) is 55.2 cm³/mol. The third kappa shape index (κ3) is 2.90. The van der Waals surface area contributed by atoms with Gasteiger partial charge in [0, 0.05) is 5.69 Å². The van der Waals surface area contributed by atoms with Crippen molar-refractivity contribution < 1.29 is 9.63 Å². The molecule has 74 valence electrons. The van der Waals surface area contributed by atoms with Crippen LogP contribution in [-0.4, -0.2) is 18.7 Å². The van der Waals surface area contributed by atoms with Gasteiger partial charge in [0.05, 0.1) is 0 Å². The molecule has 4 nitrogen and oxygen atoms in total. The zero-order valence-electron chi connectivity index (χ0n) is 8.15. The van der Waals surface area contributed by atoms with Crippen LogP contribution in [0.1, 0.15) is 6.92 Å². The Morgan fingerprint density at radius 3 is 2.57 bits per heavy atom. The average molecular weight is 192 g/mol. The summed E-state index contributed by atoms with van der Waals surface area (Å²) in [5.74, 6) is -0.266. The summed E-state index contributed by atoms with van der Waals surface area (Å²) < 4.78 is 0. The minimum absolute atomic E-state index is 0.266. The normalized spacial score (nSPS) is 10.9. The first-order valence-electron chi connectivity index (χ1n) is 4.18. The number of hydrogen-bond donors (Lipinski definition) is 1. The molecule has 4 heteroatoms. The quantitative estimate of drug-likeness (QED) is 0.584. The van der Waals surface area contributed by atoms with Gasteiger partial charge in [-0.25, -0.2) is 0 Å². The van der Waals surface area contributed by atoms with Crippen molar-refractivity contribution in [2.24, 2.45) is 5.16 Å². The maximum atomic E-state index is 11.4. The largest absolute Gasteiger partial charge is 0.399 e. The fraction of sp³-hybridized carbons (Fsp3) is 0.200. The molecule has 0 saturated heterocycles. The maximum absolute atomic E-state index is 11.4. The van der Waals surface area contributed by atoms with E-state index in [0.717, 1.165) is 5.69 Å². The molecule has 14 heavy (non-hydrogen) atoms. The second-order valence-electron chi connectivity index (χ2n) is 2.68. The van der Waals surface area contributed by atoms with E-state index in [0.29, 0.717) is 0 Å². The van der Waals surface area contributed by atoms with Crippen molar-refractivity contribution in [3.05, 3.63) is 30.3 Å². The Morgan fingerprint density at radius 2 is 2.00 bits per heavy atom. The van der Waals surface area contributed by atoms with Crippen molar-refractivity contribution in [1.82, 2.24) is 0 Å². The minimum Gasteiger partial charge on any atom is -0.399 e. The van der Waals surface area contributed by atoms with Crippen LogP contribution in [0.25, 0.3) is 0 Å². The first-order chi connectivity index (χ1) is 6.74. The lowest BCUT2D eigenvalue weighted by molar-refractivity contribution is -0.110. The number of carbonyl (C=O) groups is 1. The lowest BCUT2D eigenvalue weighted by Gasteiger charge is -2.03. The van der Waals surface area contributed by atoms with Crippen LogP contribution in [0.3, 0.4) is 0 Å². The molecule has 1 amide bonds. The van der Waals surface area contributed by atoms with E-state index in [9.17, 15) is 4.79 Å². The molecule has 0 aliphatic heterocycles. The molecular weight excluding hydrogens is 180 g/mol. The summed E-state index contributed by atoms with van der Waals surface area (Å²) in [5, 5.41) is 6.20. The van der Waals surface area contributed by atoms with Crippen LogP contribution in [-0.2, 0) is 9.63 Å². The van der Waals surface area contributed by atoms with Gasteiger partial charge in [0.2, 0.25) is 0 Å². The number of hydrogen-bond acceptors (Lipinski definition) is 3. The zero-order chi connectivity index (χ0) is 10.4. The highest BCUT2D eigenvalue weighted by molar-refractivity contribution is 6.42. The summed E-state index contributed by atoms with van der Waals surface area (Å²) >= 11 is 0. The third-order valence-corrected chi connectivity index (χ3v) is 1.59. The van der Waals surface area contributed by atoms with Gasteiger partial charge in [0.15, 0.2) is 0 Å². The van der Waals surface area contributed by atoms with E-state index < -0.39 is 0 Å². The number of rotatable bonds is 3. The average Bonchev–Trinajstić information content (AvgIpc) is 2.19. The van der Waals surface area contributed by atoms with Crippen LogP contribution in [0.5, 0.6) is 0 Å². The Bertz CT molecular complexity index is 333. The van der Waals surface area contributed by atoms with Gasteiger partial charge in [0.25, 0.3) is 5.91 Å². The minimum atomic E-state index is -0.266. The molecular formula is C10H12N2O2. The summed E-state index contributed by atoms with van der Waals surface area (Å²) in [6, 6.07) is 9.18. The maximum Gasteiger partial charge on any atom is 0.273 e. The van der Waals surface area contributed by atoms with Gasteiger partial charge in [-0.3, -0.25) is 4.79 Å². The molecule has 0 unspecified atom stereocenters. The van der Waals surface area contributed by atoms with Crippen molar-refractivity contribution in [2.45, 2.75) is 6.92 Å². The van der Waals surface area contributed by atoms with E-state index in [2.05, 4.69) is 15.3 Å². The molecule has 0 aliphatic rings. The number of amides is 1. The molecule has 0 radical (unpaired) electrons. The third-order valence-electron chi connectivity index (χ3n) is 1.59. The topological polar surface area (TPSA) is 50.7 Å². The number of benzene rings is 1. The van der Waals surface area contributed by atoms with Crippen molar-refractivity contribution in [3.8, 4) is 0 Å². The van der Waals surface area contributed by atoms with Gasteiger partial charge in [-0.05, 0) is 19.1 Å². The first kappa shape index (κ1) is 10.2. The summed E-state index contributed by atoms with van der Waals surface area (Å²) in [6.07, 6.45) is 0. The molecule has 0 fully saturated rings. The smallest absolute Gasteiger partial charge is 0.273 e. The molecule has 0 saturated carbocycles. The summed E-state index contributed by atoms with van der Waals surface area (Å²) in [7, 11) is 1.40. The molecule has 0 aromatic heterocycles. The molecule has 0 aliphatic carbocycles. The summed E-state index contributed by atoms with van der Waals surface area (Å²) in [6.45, 7) is 1.59. The fourth-order valence-corrected chi connectivity index (χ4v) is 0.921. The van der Waals surface area contributed by atoms with E-state index in [1.165, 1.54) is 7.11 Å². The highest BCUT2D eigenvalue weighted by Crippen LogP contribution is 2.04. The Labute approximate surface area is 82.6 Å². The molecule has 0 spiro atoms. The Kier molecular flexibility index (Phi) is 3.67. The molecule has 0 heterocycles. The van der Waals surface area contributed by atoms with Gasteiger partial charge in [-0.15, -0.1) is 0 Å². The lowest BCUT2D eigenvalue weighted by atomic mass is 10.3. The fourth-order valence-electron chi connectivity index (χ4n) is 0.921. The van der Waals surface area contributed by atoms with Gasteiger partial charge in [-0.1, -0.05) is 23.4 Å². The van der Waals surface area contributed by atoms with Crippen LogP contribution in [0.15, 0.2) is 35.5 Å². The molecule has 1 N–H and O–H groups in total. The van der Waals surface area contributed by atoms with Crippen LogP contribution < -0.4 is 5.32 Å². The van der Waals surface area contributed by atoms with E-state index in [1.807, 2.05) is 18.2 Å². The summed E-state index contributed by atoms with van der Waals surface area (Å²) in [4.78, 5) is 15.9. The van der Waals surface area contributed by atoms with Gasteiger partial charge < -0.3 is 10.2 Å². The van der Waals surface area contributed by atoms with E-state index >= 15 is 0 Å². The Hall–Kier alpha value is -1.84. The monoisotopic (exact) mass is 192 g/mol. The molecule has 1 aromatic carbocycles. The molecule has 0 atom stereocenters. The van der Waals surface area contributed by atoms with Crippen LogP contribution in [0, 0.1) is 0 Å². The number of carbonyl (C=O) groups excluding carboxylic acids is 1. The molecule has 1 aromatic rings. The summed E-state index contributed by atoms with van der Waals surface area (Å²) in [5.41, 5.74) is 1.03. The van der Waals surface area contributed by atoms with E-state index in [4.69, 9.17) is 0 Å². The second-order valence-corrected chi connectivity index (χ2v) is 2.68. The van der Waals surface area contributed by atoms with Crippen molar-refractivity contribution in [1.29, 1.82) is 0 Å². The van der Waals surface area contributed by atoms with E-state index in [-0.39, 0.29) is 11.6 Å². The molecule has 0 bridgehead atoms. The second kappa shape index (κ2) is 5.01. The number of nitrogens with zero attached hydrogens (tertiary/aromatic N) is 1. The Balaban J connectivity index is 2.62. The van der Waals surface area contributed by atoms with Crippen molar-refractivity contribution in [2.75, 3.05) is 12.4 Å². The van der Waals surface area contributed by atoms with Gasteiger partial charge in [-0.2, -0.15) is 0 Å². The Morgan fingerprint density at radius 1 is 1.36 bits per heavy atom. The number of oxime groups is 1. The van der Waals surface area contributed by atoms with Gasteiger partial charge in [0.1, 0.15) is 12.8 Å². The van der Waals surface area contributed by atoms with Crippen LogP contribution >= 0.6 is 0 Å². The number of nitrogens with one attached hydrogen (secondary N) is 1.